The minimum atomic E-state index is -1.67. The summed E-state index contributed by atoms with van der Waals surface area (Å²) < 4.78 is 0. The Morgan fingerprint density at radius 3 is 1.71 bits per heavy atom. The fourth-order valence-corrected chi connectivity index (χ4v) is 1.81. The summed E-state index contributed by atoms with van der Waals surface area (Å²) in [4.78, 5) is 68.1. The number of aliphatic hydroxyl groups is 1. The van der Waals surface area contributed by atoms with E-state index in [0.717, 1.165) is 6.92 Å². The molecule has 0 saturated heterocycles. The van der Waals surface area contributed by atoms with Crippen molar-refractivity contribution in [3.05, 3.63) is 0 Å². The van der Waals surface area contributed by atoms with Crippen molar-refractivity contribution in [1.29, 1.82) is 0 Å². The summed E-state index contributed by atoms with van der Waals surface area (Å²) in [6.07, 6.45) is -1.65. The fourth-order valence-electron chi connectivity index (χ4n) is 1.81. The molecular formula is C14H22N4O10. The number of carbonyl (C=O) groups excluding carboxylic acids is 3. The van der Waals surface area contributed by atoms with E-state index in [-0.39, 0.29) is 0 Å². The number of aliphatic hydroxyl groups excluding tert-OH is 1. The maximum Gasteiger partial charge on any atom is 0.328 e. The summed E-state index contributed by atoms with van der Waals surface area (Å²) >= 11 is 0. The molecule has 0 saturated carbocycles. The average Bonchev–Trinajstić information content (AvgIpc) is 2.57. The van der Waals surface area contributed by atoms with Crippen LogP contribution in [0.2, 0.25) is 0 Å². The van der Waals surface area contributed by atoms with Gasteiger partial charge in [0.15, 0.2) is 0 Å². The molecule has 9 N–H and O–H groups in total. The van der Waals surface area contributed by atoms with Crippen molar-refractivity contribution in [3.63, 3.8) is 0 Å². The summed E-state index contributed by atoms with van der Waals surface area (Å²) in [5.41, 5.74) is 5.33. The Bertz CT molecular complexity index is 638. The maximum absolute atomic E-state index is 12.2. The number of hydrogen-bond acceptors (Lipinski definition) is 8. The van der Waals surface area contributed by atoms with Gasteiger partial charge in [0, 0.05) is 0 Å². The Labute approximate surface area is 158 Å². The van der Waals surface area contributed by atoms with Gasteiger partial charge in [-0.05, 0) is 6.92 Å². The molecule has 0 aliphatic rings. The monoisotopic (exact) mass is 406 g/mol. The molecular weight excluding hydrogens is 384 g/mol. The van der Waals surface area contributed by atoms with Crippen molar-refractivity contribution in [3.8, 4) is 0 Å². The second-order valence-electron chi connectivity index (χ2n) is 5.68. The summed E-state index contributed by atoms with van der Waals surface area (Å²) in [6, 6.07) is -6.17. The van der Waals surface area contributed by atoms with Crippen molar-refractivity contribution in [2.45, 2.75) is 43.9 Å². The average molecular weight is 406 g/mol. The predicted molar refractivity (Wildman–Crippen MR) is 88.7 cm³/mol. The topological polar surface area (TPSA) is 245 Å². The number of nitrogens with two attached hydrogens (primary N) is 1. The van der Waals surface area contributed by atoms with Crippen LogP contribution in [0.5, 0.6) is 0 Å². The first-order valence-electron chi connectivity index (χ1n) is 7.83. The first kappa shape index (κ1) is 24.7. The van der Waals surface area contributed by atoms with Gasteiger partial charge in [-0.2, -0.15) is 0 Å². The molecule has 14 nitrogen and oxygen atoms in total. The Balaban J connectivity index is 5.03. The van der Waals surface area contributed by atoms with Crippen molar-refractivity contribution in [1.82, 2.24) is 16.0 Å². The van der Waals surface area contributed by atoms with Gasteiger partial charge in [0.05, 0.1) is 25.5 Å². The molecule has 0 radical (unpaired) electrons. The number of carboxylic acid groups (broad SMARTS) is 3. The van der Waals surface area contributed by atoms with E-state index >= 15 is 0 Å². The van der Waals surface area contributed by atoms with Gasteiger partial charge in [-0.1, -0.05) is 0 Å². The number of aliphatic carboxylic acids is 3. The smallest absolute Gasteiger partial charge is 0.328 e. The van der Waals surface area contributed by atoms with Gasteiger partial charge in [0.1, 0.15) is 18.1 Å². The van der Waals surface area contributed by atoms with Gasteiger partial charge < -0.3 is 42.1 Å². The van der Waals surface area contributed by atoms with Crippen LogP contribution in [0.3, 0.4) is 0 Å². The summed E-state index contributed by atoms with van der Waals surface area (Å²) in [5, 5.41) is 41.1. The van der Waals surface area contributed by atoms with Crippen LogP contribution in [0.25, 0.3) is 0 Å². The van der Waals surface area contributed by atoms with Crippen LogP contribution in [0, 0.1) is 0 Å². The highest BCUT2D eigenvalue weighted by Gasteiger charge is 2.30. The molecule has 0 aromatic heterocycles. The van der Waals surface area contributed by atoms with Crippen LogP contribution < -0.4 is 21.7 Å². The molecule has 0 aromatic carbocycles. The van der Waals surface area contributed by atoms with Crippen molar-refractivity contribution in [2.75, 3.05) is 6.61 Å². The third-order valence-corrected chi connectivity index (χ3v) is 3.29. The third kappa shape index (κ3) is 8.91. The molecule has 158 valence electrons. The van der Waals surface area contributed by atoms with Crippen LogP contribution in [0.1, 0.15) is 19.8 Å². The second kappa shape index (κ2) is 11.5. The molecule has 0 spiro atoms. The Morgan fingerprint density at radius 1 is 0.786 bits per heavy atom. The molecule has 4 atom stereocenters. The van der Waals surface area contributed by atoms with E-state index in [1.807, 2.05) is 10.6 Å². The molecule has 0 rings (SSSR count). The highest BCUT2D eigenvalue weighted by Crippen LogP contribution is 1.98. The number of nitrogens with one attached hydrogen (secondary N) is 3. The third-order valence-electron chi connectivity index (χ3n) is 3.29. The normalized spacial score (nSPS) is 14.7. The van der Waals surface area contributed by atoms with Crippen LogP contribution in [-0.4, -0.2) is 86.8 Å². The number of carbonyl (C=O) groups is 6. The zero-order valence-electron chi connectivity index (χ0n) is 14.7. The van der Waals surface area contributed by atoms with Gasteiger partial charge >= 0.3 is 17.9 Å². The van der Waals surface area contributed by atoms with Gasteiger partial charge in [0.25, 0.3) is 0 Å². The van der Waals surface area contributed by atoms with Crippen LogP contribution in [0.15, 0.2) is 0 Å². The lowest BCUT2D eigenvalue weighted by molar-refractivity contribution is -0.144. The van der Waals surface area contributed by atoms with Crippen LogP contribution in [0.4, 0.5) is 0 Å². The Morgan fingerprint density at radius 2 is 1.29 bits per heavy atom. The quantitative estimate of drug-likeness (QED) is 0.154. The van der Waals surface area contributed by atoms with Gasteiger partial charge in [-0.3, -0.25) is 24.0 Å². The number of carboxylic acids is 3. The Kier molecular flexibility index (Phi) is 10.1. The van der Waals surface area contributed by atoms with E-state index in [1.54, 1.807) is 0 Å². The van der Waals surface area contributed by atoms with Gasteiger partial charge in [-0.25, -0.2) is 4.79 Å². The summed E-state index contributed by atoms with van der Waals surface area (Å²) in [7, 11) is 0. The standard InChI is InChI=1S/C14H22N4O10/c1-5(11(24)18-8(4-19)14(27)28)16-13(26)7(3-10(22)23)17-12(25)6(15)2-9(20)21/h5-8,19H,2-4,15H2,1H3,(H,16,26)(H,17,25)(H,18,24)(H,20,21)(H,22,23)(H,27,28). The highest BCUT2D eigenvalue weighted by atomic mass is 16.4. The van der Waals surface area contributed by atoms with E-state index in [4.69, 9.17) is 26.2 Å². The summed E-state index contributed by atoms with van der Waals surface area (Å²) in [5.74, 6) is -7.56. The molecule has 0 aliphatic heterocycles. The van der Waals surface area contributed by atoms with E-state index in [1.165, 1.54) is 0 Å². The van der Waals surface area contributed by atoms with Crippen molar-refractivity contribution in [2.24, 2.45) is 5.73 Å². The molecule has 4 unspecified atom stereocenters. The first-order valence-corrected chi connectivity index (χ1v) is 7.83. The van der Waals surface area contributed by atoms with Crippen molar-refractivity contribution >= 4 is 35.6 Å². The van der Waals surface area contributed by atoms with Crippen molar-refractivity contribution < 1.29 is 49.2 Å². The molecule has 14 heteroatoms. The lowest BCUT2D eigenvalue weighted by Gasteiger charge is -2.22. The van der Waals surface area contributed by atoms with Gasteiger partial charge in [-0.15, -0.1) is 0 Å². The van der Waals surface area contributed by atoms with E-state index < -0.39 is 79.2 Å². The highest BCUT2D eigenvalue weighted by molar-refractivity contribution is 5.96. The van der Waals surface area contributed by atoms with Gasteiger partial charge in [0.2, 0.25) is 17.7 Å². The molecule has 0 aromatic rings. The molecule has 3 amide bonds. The summed E-state index contributed by atoms with van der Waals surface area (Å²) in [6.45, 7) is 0.250. The zero-order chi connectivity index (χ0) is 22.0. The Hall–Kier alpha value is -3.26. The number of rotatable bonds is 12. The molecule has 0 fully saturated rings. The largest absolute Gasteiger partial charge is 0.481 e. The minimum Gasteiger partial charge on any atom is -0.481 e. The molecule has 0 heterocycles. The van der Waals surface area contributed by atoms with Crippen LogP contribution >= 0.6 is 0 Å². The predicted octanol–water partition coefficient (Wildman–Crippen LogP) is -4.19. The molecule has 0 bridgehead atoms. The molecule has 28 heavy (non-hydrogen) atoms. The zero-order valence-corrected chi connectivity index (χ0v) is 14.7. The number of hydrogen-bond donors (Lipinski definition) is 8. The van der Waals surface area contributed by atoms with Crippen LogP contribution in [-0.2, 0) is 28.8 Å². The first-order chi connectivity index (χ1) is 12.9. The van der Waals surface area contributed by atoms with E-state index in [9.17, 15) is 28.8 Å². The SMILES string of the molecule is CC(NC(=O)C(CC(=O)O)NC(=O)C(N)CC(=O)O)C(=O)NC(CO)C(=O)O. The van der Waals surface area contributed by atoms with E-state index in [0.29, 0.717) is 0 Å². The maximum atomic E-state index is 12.2. The fraction of sp³-hybridized carbons (Fsp3) is 0.571. The minimum absolute atomic E-state index is 0.760. The molecule has 0 aliphatic carbocycles. The number of amides is 3. The van der Waals surface area contributed by atoms with E-state index in [2.05, 4.69) is 5.32 Å². The second-order valence-corrected chi connectivity index (χ2v) is 5.68. The lowest BCUT2D eigenvalue weighted by atomic mass is 10.1. The lowest BCUT2D eigenvalue weighted by Crippen LogP contribution is -2.57.